The van der Waals surface area contributed by atoms with Crippen molar-refractivity contribution in [2.75, 3.05) is 18.0 Å². The number of carbonyl (C=O) groups is 2. The lowest BCUT2D eigenvalue weighted by Gasteiger charge is -2.35. The van der Waals surface area contributed by atoms with Gasteiger partial charge in [0.1, 0.15) is 18.3 Å². The van der Waals surface area contributed by atoms with Gasteiger partial charge in [-0.15, -0.1) is 0 Å². The van der Waals surface area contributed by atoms with E-state index in [2.05, 4.69) is 5.32 Å². The van der Waals surface area contributed by atoms with Crippen molar-refractivity contribution >= 4 is 27.5 Å². The number of nitrogens with one attached hydrogen (secondary N) is 1. The smallest absolute Gasteiger partial charge is 0.264 e. The Morgan fingerprint density at radius 3 is 2.19 bits per heavy atom. The third kappa shape index (κ3) is 8.60. The second kappa shape index (κ2) is 15.8. The van der Waals surface area contributed by atoms with Gasteiger partial charge in [-0.1, -0.05) is 98.1 Å². The van der Waals surface area contributed by atoms with Crippen LogP contribution in [-0.2, 0) is 32.6 Å². The van der Waals surface area contributed by atoms with E-state index in [1.807, 2.05) is 61.5 Å². The topological polar surface area (TPSA) is 96.0 Å². The molecule has 1 atom stereocenters. The number of amides is 2. The molecule has 0 saturated heterocycles. The number of hydrogen-bond acceptors (Lipinski definition) is 5. The first kappa shape index (κ1) is 33.7. The number of hydrogen-bond donors (Lipinski definition) is 1. The summed E-state index contributed by atoms with van der Waals surface area (Å²) in [6.45, 7) is 1.59. The zero-order valence-corrected chi connectivity index (χ0v) is 27.9. The first-order valence-corrected chi connectivity index (χ1v) is 17.6. The van der Waals surface area contributed by atoms with Crippen LogP contribution < -0.4 is 14.4 Å². The SMILES string of the molecule is COc1cccc(N(CC(=O)N(Cc2ccccc2C)[C@H](Cc2ccccc2)C(=O)NC2CCCCC2)S(=O)(=O)c2ccccc2)c1. The molecule has 5 rings (SSSR count). The summed E-state index contributed by atoms with van der Waals surface area (Å²) in [5, 5.41) is 3.25. The van der Waals surface area contributed by atoms with E-state index in [4.69, 9.17) is 4.74 Å². The Labute approximate surface area is 278 Å². The second-order valence-corrected chi connectivity index (χ2v) is 13.9. The van der Waals surface area contributed by atoms with E-state index in [9.17, 15) is 18.0 Å². The number of rotatable bonds is 13. The first-order chi connectivity index (χ1) is 22.8. The van der Waals surface area contributed by atoms with Crippen molar-refractivity contribution in [3.8, 4) is 5.75 Å². The molecule has 0 radical (unpaired) electrons. The minimum Gasteiger partial charge on any atom is -0.497 e. The highest BCUT2D eigenvalue weighted by molar-refractivity contribution is 7.92. The Balaban J connectivity index is 1.57. The minimum absolute atomic E-state index is 0.0386. The van der Waals surface area contributed by atoms with Crippen LogP contribution in [0.1, 0.15) is 48.8 Å². The molecule has 1 aliphatic rings. The lowest BCUT2D eigenvalue weighted by Crippen LogP contribution is -2.55. The van der Waals surface area contributed by atoms with Crippen molar-refractivity contribution in [2.24, 2.45) is 0 Å². The lowest BCUT2D eigenvalue weighted by atomic mass is 9.94. The largest absolute Gasteiger partial charge is 0.497 e. The van der Waals surface area contributed by atoms with Crippen molar-refractivity contribution in [3.05, 3.63) is 126 Å². The van der Waals surface area contributed by atoms with Gasteiger partial charge in [0.25, 0.3) is 10.0 Å². The van der Waals surface area contributed by atoms with Crippen molar-refractivity contribution in [1.29, 1.82) is 0 Å². The average Bonchev–Trinajstić information content (AvgIpc) is 3.10. The van der Waals surface area contributed by atoms with E-state index in [0.29, 0.717) is 5.75 Å². The molecule has 0 aromatic heterocycles. The highest BCUT2D eigenvalue weighted by Gasteiger charge is 2.35. The second-order valence-electron chi connectivity index (χ2n) is 12.0. The molecule has 1 aliphatic carbocycles. The highest BCUT2D eigenvalue weighted by Crippen LogP contribution is 2.28. The van der Waals surface area contributed by atoms with Crippen LogP contribution in [0.15, 0.2) is 114 Å². The zero-order chi connectivity index (χ0) is 33.2. The van der Waals surface area contributed by atoms with Crippen molar-refractivity contribution in [3.63, 3.8) is 0 Å². The summed E-state index contributed by atoms with van der Waals surface area (Å²) >= 11 is 0. The van der Waals surface area contributed by atoms with Gasteiger partial charge in [-0.3, -0.25) is 13.9 Å². The van der Waals surface area contributed by atoms with Crippen LogP contribution in [0.25, 0.3) is 0 Å². The van der Waals surface area contributed by atoms with Crippen LogP contribution in [0.3, 0.4) is 0 Å². The molecule has 8 nitrogen and oxygen atoms in total. The third-order valence-corrected chi connectivity index (χ3v) is 10.6. The van der Waals surface area contributed by atoms with Crippen LogP contribution in [-0.4, -0.2) is 50.9 Å². The van der Waals surface area contributed by atoms with Gasteiger partial charge in [0.15, 0.2) is 0 Å². The number of aryl methyl sites for hydroxylation is 1. The molecule has 9 heteroatoms. The molecule has 0 bridgehead atoms. The molecule has 4 aromatic rings. The quantitative estimate of drug-likeness (QED) is 0.183. The number of benzene rings is 4. The molecule has 2 amide bonds. The first-order valence-electron chi connectivity index (χ1n) is 16.2. The summed E-state index contributed by atoms with van der Waals surface area (Å²) in [5.41, 5.74) is 3.03. The molecule has 0 unspecified atom stereocenters. The van der Waals surface area contributed by atoms with Gasteiger partial charge < -0.3 is 15.0 Å². The predicted octanol–water partition coefficient (Wildman–Crippen LogP) is 6.29. The van der Waals surface area contributed by atoms with E-state index in [-0.39, 0.29) is 35.5 Å². The highest BCUT2D eigenvalue weighted by atomic mass is 32.2. The summed E-state index contributed by atoms with van der Waals surface area (Å²) in [6, 6.07) is 31.2. The van der Waals surface area contributed by atoms with Gasteiger partial charge in [0, 0.05) is 25.1 Å². The third-order valence-electron chi connectivity index (χ3n) is 8.78. The predicted molar refractivity (Wildman–Crippen MR) is 185 cm³/mol. The molecular weight excluding hydrogens is 611 g/mol. The summed E-state index contributed by atoms with van der Waals surface area (Å²) in [4.78, 5) is 30.6. The molecule has 1 N–H and O–H groups in total. The number of carbonyl (C=O) groups excluding carboxylic acids is 2. The van der Waals surface area contributed by atoms with Crippen molar-refractivity contribution < 1.29 is 22.7 Å². The molecule has 1 fully saturated rings. The van der Waals surface area contributed by atoms with Crippen LogP contribution >= 0.6 is 0 Å². The van der Waals surface area contributed by atoms with E-state index in [1.54, 1.807) is 47.4 Å². The Bertz CT molecular complexity index is 1740. The van der Waals surface area contributed by atoms with Gasteiger partial charge in [0.2, 0.25) is 11.8 Å². The molecule has 0 spiro atoms. The molecule has 47 heavy (non-hydrogen) atoms. The average molecular weight is 654 g/mol. The molecule has 1 saturated carbocycles. The van der Waals surface area contributed by atoms with E-state index >= 15 is 0 Å². The number of sulfonamides is 1. The van der Waals surface area contributed by atoms with Crippen LogP contribution in [0, 0.1) is 6.92 Å². The molecule has 0 heterocycles. The fourth-order valence-corrected chi connectivity index (χ4v) is 7.51. The number of methoxy groups -OCH3 is 1. The van der Waals surface area contributed by atoms with Gasteiger partial charge in [-0.05, 0) is 60.7 Å². The van der Waals surface area contributed by atoms with E-state index in [1.165, 1.54) is 19.2 Å². The maximum absolute atomic E-state index is 14.7. The van der Waals surface area contributed by atoms with Crippen LogP contribution in [0.5, 0.6) is 5.75 Å². The Kier molecular flexibility index (Phi) is 11.3. The van der Waals surface area contributed by atoms with E-state index in [0.717, 1.165) is 53.1 Å². The number of anilines is 1. The minimum atomic E-state index is -4.19. The van der Waals surface area contributed by atoms with Crippen LogP contribution in [0.4, 0.5) is 5.69 Å². The number of nitrogens with zero attached hydrogens (tertiary/aromatic N) is 2. The summed E-state index contributed by atoms with van der Waals surface area (Å²) in [6.07, 6.45) is 5.32. The molecule has 0 aliphatic heterocycles. The maximum Gasteiger partial charge on any atom is 0.264 e. The van der Waals surface area contributed by atoms with Crippen molar-refractivity contribution in [2.45, 2.75) is 69.0 Å². The monoisotopic (exact) mass is 653 g/mol. The lowest BCUT2D eigenvalue weighted by molar-refractivity contribution is -0.140. The number of ether oxygens (including phenoxy) is 1. The fraction of sp³-hybridized carbons (Fsp3) is 0.316. The Hall–Kier alpha value is -4.63. The van der Waals surface area contributed by atoms with Gasteiger partial charge in [-0.2, -0.15) is 0 Å². The van der Waals surface area contributed by atoms with Gasteiger partial charge in [0.05, 0.1) is 17.7 Å². The maximum atomic E-state index is 14.7. The Morgan fingerprint density at radius 1 is 0.851 bits per heavy atom. The van der Waals surface area contributed by atoms with Gasteiger partial charge >= 0.3 is 0 Å². The summed E-state index contributed by atoms with van der Waals surface area (Å²) in [7, 11) is -2.68. The van der Waals surface area contributed by atoms with Crippen molar-refractivity contribution in [1.82, 2.24) is 10.2 Å². The van der Waals surface area contributed by atoms with E-state index < -0.39 is 28.5 Å². The Morgan fingerprint density at radius 2 is 1.51 bits per heavy atom. The molecule has 246 valence electrons. The molecular formula is C38H43N3O5S. The summed E-state index contributed by atoms with van der Waals surface area (Å²) < 4.78 is 34.9. The fourth-order valence-electron chi connectivity index (χ4n) is 6.08. The standard InChI is InChI=1S/C38H43N3O5S/c1-29-15-12-13-18-31(29)27-40(36(25-30-16-6-3-7-17-30)38(43)39-32-19-8-4-9-20-32)37(42)28-41(33-21-14-22-34(26-33)46-2)47(44,45)35-23-10-5-11-24-35/h3,5-7,10-18,21-24,26,32,36H,4,8-9,19-20,25,27-28H2,1-2H3,(H,39,43)/t36-/m1/s1. The zero-order valence-electron chi connectivity index (χ0n) is 27.0. The van der Waals surface area contributed by atoms with Crippen LogP contribution in [0.2, 0.25) is 0 Å². The molecule has 4 aromatic carbocycles. The van der Waals surface area contributed by atoms with Gasteiger partial charge in [-0.25, -0.2) is 8.42 Å². The normalized spacial score (nSPS) is 14.2. The summed E-state index contributed by atoms with van der Waals surface area (Å²) in [5.74, 6) is -0.273.